The van der Waals surface area contributed by atoms with Gasteiger partial charge in [0, 0.05) is 4.90 Å². The molecule has 0 saturated heterocycles. The average molecular weight is 306 g/mol. The van der Waals surface area contributed by atoms with Crippen LogP contribution in [0.4, 0.5) is 4.79 Å². The van der Waals surface area contributed by atoms with E-state index in [0.29, 0.717) is 10.7 Å². The van der Waals surface area contributed by atoms with E-state index >= 15 is 0 Å². The van der Waals surface area contributed by atoms with Crippen molar-refractivity contribution >= 4 is 23.7 Å². The molecule has 2 rings (SSSR count). The first-order chi connectivity index (χ1) is 10.1. The Morgan fingerprint density at radius 1 is 1.19 bits per heavy atom. The summed E-state index contributed by atoms with van der Waals surface area (Å²) in [7, 11) is 0. The highest BCUT2D eigenvalue weighted by atomic mass is 32.2. The number of carbonyl (C=O) groups excluding carboxylic acids is 2. The molecule has 0 radical (unpaired) electrons. The molecule has 1 heterocycles. The predicted octanol–water partition coefficient (Wildman–Crippen LogP) is 2.10. The molecule has 0 aliphatic carbocycles. The van der Waals surface area contributed by atoms with Gasteiger partial charge in [-0.15, -0.1) is 11.8 Å². The molecule has 0 saturated carbocycles. The molecular weight excluding hydrogens is 292 g/mol. The van der Waals surface area contributed by atoms with Crippen LogP contribution in [-0.4, -0.2) is 22.8 Å². The summed E-state index contributed by atoms with van der Waals surface area (Å²) in [6.45, 7) is 0.207. The minimum atomic E-state index is -0.589. The quantitative estimate of drug-likeness (QED) is 0.736. The molecule has 0 atom stereocenters. The van der Waals surface area contributed by atoms with Crippen LogP contribution in [0, 0.1) is 0 Å². The summed E-state index contributed by atoms with van der Waals surface area (Å²) < 4.78 is 5.05. The van der Waals surface area contributed by atoms with Crippen molar-refractivity contribution in [3.63, 3.8) is 0 Å². The standard InChI is InChI=1S/C14H14N2O4S/c17-11-5-1-2-6-12(11)21-9-13(18)16-14(19)15-8-10-4-3-7-20-10/h1-7,17H,8-9H2,(H2,15,16,18,19). The average Bonchev–Trinajstić information content (AvgIpc) is 2.97. The van der Waals surface area contributed by atoms with Crippen molar-refractivity contribution in [1.29, 1.82) is 0 Å². The summed E-state index contributed by atoms with van der Waals surface area (Å²) in [6.07, 6.45) is 1.50. The summed E-state index contributed by atoms with van der Waals surface area (Å²) in [4.78, 5) is 23.7. The highest BCUT2D eigenvalue weighted by molar-refractivity contribution is 8.00. The fraction of sp³-hybridized carbons (Fsp3) is 0.143. The molecule has 3 amide bonds. The molecule has 0 bridgehead atoms. The van der Waals surface area contributed by atoms with Crippen LogP contribution < -0.4 is 10.6 Å². The topological polar surface area (TPSA) is 91.6 Å². The molecular formula is C14H14N2O4S. The lowest BCUT2D eigenvalue weighted by Crippen LogP contribution is -2.39. The van der Waals surface area contributed by atoms with Crippen LogP contribution in [0.5, 0.6) is 5.75 Å². The lowest BCUT2D eigenvalue weighted by molar-refractivity contribution is -0.117. The van der Waals surface area contributed by atoms with E-state index in [1.54, 1.807) is 30.3 Å². The highest BCUT2D eigenvalue weighted by Gasteiger charge is 2.09. The van der Waals surface area contributed by atoms with Crippen molar-refractivity contribution in [3.05, 3.63) is 48.4 Å². The Labute approximate surface area is 125 Å². The third-order valence-electron chi connectivity index (χ3n) is 2.48. The lowest BCUT2D eigenvalue weighted by Gasteiger charge is -2.06. The Morgan fingerprint density at radius 3 is 2.71 bits per heavy atom. The van der Waals surface area contributed by atoms with Crippen molar-refractivity contribution in [3.8, 4) is 5.75 Å². The van der Waals surface area contributed by atoms with E-state index < -0.39 is 11.9 Å². The summed E-state index contributed by atoms with van der Waals surface area (Å²) in [5.74, 6) is 0.296. The number of amides is 3. The van der Waals surface area contributed by atoms with Gasteiger partial charge in [-0.05, 0) is 24.3 Å². The molecule has 6 nitrogen and oxygen atoms in total. The van der Waals surface area contributed by atoms with Gasteiger partial charge in [-0.2, -0.15) is 0 Å². The van der Waals surface area contributed by atoms with Crippen molar-refractivity contribution in [2.24, 2.45) is 0 Å². The van der Waals surface area contributed by atoms with Crippen LogP contribution in [0.3, 0.4) is 0 Å². The Bertz CT molecular complexity index is 613. The molecule has 7 heteroatoms. The van der Waals surface area contributed by atoms with Gasteiger partial charge in [0.1, 0.15) is 11.5 Å². The number of phenolic OH excluding ortho intramolecular Hbond substituents is 1. The van der Waals surface area contributed by atoms with Crippen LogP contribution in [0.1, 0.15) is 5.76 Å². The van der Waals surface area contributed by atoms with E-state index in [-0.39, 0.29) is 18.0 Å². The zero-order valence-corrected chi connectivity index (χ0v) is 11.9. The molecule has 3 N–H and O–H groups in total. The second-order valence-corrected chi connectivity index (χ2v) is 5.08. The molecule has 1 aromatic carbocycles. The van der Waals surface area contributed by atoms with Gasteiger partial charge in [0.05, 0.1) is 18.6 Å². The summed E-state index contributed by atoms with van der Waals surface area (Å²) in [5.41, 5.74) is 0. The summed E-state index contributed by atoms with van der Waals surface area (Å²) >= 11 is 1.15. The van der Waals surface area contributed by atoms with E-state index in [9.17, 15) is 14.7 Å². The Balaban J connectivity index is 1.71. The minimum Gasteiger partial charge on any atom is -0.507 e. The molecule has 110 valence electrons. The number of urea groups is 1. The largest absolute Gasteiger partial charge is 0.507 e. The number of rotatable bonds is 5. The number of para-hydroxylation sites is 1. The minimum absolute atomic E-state index is 0.0335. The Kier molecular flexibility index (Phi) is 5.28. The van der Waals surface area contributed by atoms with Gasteiger partial charge in [0.15, 0.2) is 0 Å². The van der Waals surface area contributed by atoms with Gasteiger partial charge in [0.2, 0.25) is 5.91 Å². The molecule has 0 unspecified atom stereocenters. The molecule has 1 aromatic heterocycles. The second-order valence-electron chi connectivity index (χ2n) is 4.07. The van der Waals surface area contributed by atoms with Gasteiger partial charge in [0.25, 0.3) is 0 Å². The van der Waals surface area contributed by atoms with Crippen LogP contribution in [0.25, 0.3) is 0 Å². The molecule has 0 aliphatic heterocycles. The van der Waals surface area contributed by atoms with Crippen LogP contribution in [0.15, 0.2) is 52.0 Å². The first kappa shape index (κ1) is 15.0. The normalized spacial score (nSPS) is 10.1. The number of aromatic hydroxyl groups is 1. The first-order valence-electron chi connectivity index (χ1n) is 6.16. The van der Waals surface area contributed by atoms with E-state index in [1.807, 2.05) is 0 Å². The highest BCUT2D eigenvalue weighted by Crippen LogP contribution is 2.27. The number of carbonyl (C=O) groups is 2. The van der Waals surface area contributed by atoms with E-state index in [1.165, 1.54) is 12.3 Å². The predicted molar refractivity (Wildman–Crippen MR) is 77.9 cm³/mol. The van der Waals surface area contributed by atoms with E-state index in [0.717, 1.165) is 11.8 Å². The number of phenols is 1. The number of benzene rings is 1. The molecule has 0 fully saturated rings. The van der Waals surface area contributed by atoms with Crippen LogP contribution in [0.2, 0.25) is 0 Å². The van der Waals surface area contributed by atoms with Crippen LogP contribution in [-0.2, 0) is 11.3 Å². The second kappa shape index (κ2) is 7.39. The molecule has 0 spiro atoms. The van der Waals surface area contributed by atoms with Gasteiger partial charge >= 0.3 is 6.03 Å². The number of imide groups is 1. The Morgan fingerprint density at radius 2 is 2.00 bits per heavy atom. The number of thioether (sulfide) groups is 1. The van der Waals surface area contributed by atoms with Gasteiger partial charge in [-0.25, -0.2) is 4.79 Å². The fourth-order valence-electron chi connectivity index (χ4n) is 1.51. The van der Waals surface area contributed by atoms with Crippen molar-refractivity contribution in [2.75, 3.05) is 5.75 Å². The van der Waals surface area contributed by atoms with Crippen molar-refractivity contribution in [1.82, 2.24) is 10.6 Å². The number of hydrogen-bond donors (Lipinski definition) is 3. The van der Waals surface area contributed by atoms with Gasteiger partial charge < -0.3 is 14.8 Å². The molecule has 2 aromatic rings. The number of hydrogen-bond acceptors (Lipinski definition) is 5. The zero-order chi connectivity index (χ0) is 15.1. The monoisotopic (exact) mass is 306 g/mol. The lowest BCUT2D eigenvalue weighted by atomic mass is 10.3. The smallest absolute Gasteiger partial charge is 0.321 e. The fourth-order valence-corrected chi connectivity index (χ4v) is 2.26. The maximum absolute atomic E-state index is 11.6. The van der Waals surface area contributed by atoms with E-state index in [4.69, 9.17) is 4.42 Å². The zero-order valence-electron chi connectivity index (χ0n) is 11.0. The van der Waals surface area contributed by atoms with Crippen molar-refractivity contribution < 1.29 is 19.1 Å². The SMILES string of the molecule is O=C(CSc1ccccc1O)NC(=O)NCc1ccco1. The maximum Gasteiger partial charge on any atom is 0.321 e. The van der Waals surface area contributed by atoms with Crippen LogP contribution >= 0.6 is 11.8 Å². The van der Waals surface area contributed by atoms with Crippen molar-refractivity contribution in [2.45, 2.75) is 11.4 Å². The Hall–Kier alpha value is -2.41. The van der Waals surface area contributed by atoms with E-state index in [2.05, 4.69) is 10.6 Å². The molecule has 0 aliphatic rings. The third-order valence-corrected chi connectivity index (χ3v) is 3.54. The number of nitrogens with one attached hydrogen (secondary N) is 2. The van der Waals surface area contributed by atoms with Gasteiger partial charge in [-0.1, -0.05) is 12.1 Å². The first-order valence-corrected chi connectivity index (χ1v) is 7.14. The summed E-state index contributed by atoms with van der Waals surface area (Å²) in [6, 6.07) is 9.53. The molecule has 21 heavy (non-hydrogen) atoms. The van der Waals surface area contributed by atoms with Gasteiger partial charge in [-0.3, -0.25) is 10.1 Å². The maximum atomic E-state index is 11.6. The third kappa shape index (κ3) is 4.88. The number of furan rings is 1. The summed E-state index contributed by atoms with van der Waals surface area (Å²) in [5, 5.41) is 14.3.